The molecule has 0 radical (unpaired) electrons. The van der Waals surface area contributed by atoms with Gasteiger partial charge in [0.1, 0.15) is 11.5 Å². The Bertz CT molecular complexity index is 1190. The van der Waals surface area contributed by atoms with Crippen molar-refractivity contribution in [2.24, 2.45) is 0 Å². The van der Waals surface area contributed by atoms with Crippen molar-refractivity contribution in [3.8, 4) is 17.2 Å². The van der Waals surface area contributed by atoms with E-state index in [4.69, 9.17) is 13.7 Å². The molecule has 0 saturated heterocycles. The van der Waals surface area contributed by atoms with Crippen LogP contribution >= 0.6 is 0 Å². The molecule has 0 unspecified atom stereocenters. The second-order valence-electron chi connectivity index (χ2n) is 7.59. The highest BCUT2D eigenvalue weighted by atomic mass is 16.5. The van der Waals surface area contributed by atoms with Gasteiger partial charge in [0.15, 0.2) is 11.2 Å². The van der Waals surface area contributed by atoms with Gasteiger partial charge in [0.2, 0.25) is 5.89 Å². The van der Waals surface area contributed by atoms with E-state index in [0.717, 1.165) is 28.1 Å². The molecule has 0 amide bonds. The molecule has 0 spiro atoms. The van der Waals surface area contributed by atoms with Gasteiger partial charge in [-0.3, -0.25) is 0 Å². The third-order valence-electron chi connectivity index (χ3n) is 4.92. The highest BCUT2D eigenvalue weighted by molar-refractivity contribution is 5.81. The van der Waals surface area contributed by atoms with Gasteiger partial charge < -0.3 is 18.8 Å². The molecule has 0 aliphatic rings. The van der Waals surface area contributed by atoms with Crippen LogP contribution in [0, 0.1) is 6.92 Å². The van der Waals surface area contributed by atoms with Gasteiger partial charge in [0.25, 0.3) is 0 Å². The number of carboxylic acids is 1. The average Bonchev–Trinajstić information content (AvgIpc) is 3.29. The second kappa shape index (κ2) is 7.67. The van der Waals surface area contributed by atoms with Crippen molar-refractivity contribution in [3.05, 3.63) is 65.7 Å². The molecular weight excluding hydrogens is 384 g/mol. The van der Waals surface area contributed by atoms with Crippen LogP contribution in [0.5, 0.6) is 5.75 Å². The van der Waals surface area contributed by atoms with Gasteiger partial charge in [0.05, 0.1) is 11.4 Å². The van der Waals surface area contributed by atoms with Crippen LogP contribution in [0.3, 0.4) is 0 Å². The van der Waals surface area contributed by atoms with Crippen LogP contribution in [0.4, 0.5) is 0 Å². The maximum Gasteiger partial charge on any atom is 0.347 e. The van der Waals surface area contributed by atoms with Crippen molar-refractivity contribution in [1.82, 2.24) is 10.1 Å². The highest BCUT2D eigenvalue weighted by Gasteiger charge is 2.29. The van der Waals surface area contributed by atoms with Crippen LogP contribution in [0.25, 0.3) is 22.4 Å². The normalized spacial score (nSPS) is 11.7. The lowest BCUT2D eigenvalue weighted by Crippen LogP contribution is -2.37. The van der Waals surface area contributed by atoms with E-state index in [1.807, 2.05) is 43.3 Å². The number of benzene rings is 2. The summed E-state index contributed by atoms with van der Waals surface area (Å²) in [6.45, 7) is 4.90. The molecule has 2 heterocycles. The number of aryl methyl sites for hydroxylation is 3. The number of nitrogens with zero attached hydrogens (tertiary/aromatic N) is 2. The molecule has 1 N–H and O–H groups in total. The Labute approximate surface area is 173 Å². The Morgan fingerprint density at radius 3 is 2.57 bits per heavy atom. The molecule has 2 aromatic heterocycles. The molecule has 0 fully saturated rings. The lowest BCUT2D eigenvalue weighted by atomic mass is 10.1. The molecule has 2 aromatic carbocycles. The number of fused-ring (bicyclic) bond motifs is 1. The van der Waals surface area contributed by atoms with Gasteiger partial charge in [-0.25, -0.2) is 9.78 Å². The smallest absolute Gasteiger partial charge is 0.347 e. The average molecular weight is 406 g/mol. The Morgan fingerprint density at radius 1 is 1.10 bits per heavy atom. The molecule has 7 heteroatoms. The van der Waals surface area contributed by atoms with E-state index in [2.05, 4.69) is 10.1 Å². The van der Waals surface area contributed by atoms with E-state index in [1.165, 1.54) is 13.8 Å². The van der Waals surface area contributed by atoms with Gasteiger partial charge in [0, 0.05) is 17.0 Å². The van der Waals surface area contributed by atoms with E-state index in [-0.39, 0.29) is 0 Å². The standard InChI is InChI=1S/C23H22N2O5/c1-14-18(24-21(28-14)15-7-5-4-6-8-15)11-12-19-17-10-9-16(13-20(17)30-25-19)29-23(2,3)22(26)27/h4-10,13H,11-12H2,1-3H3,(H,26,27). The SMILES string of the molecule is Cc1oc(-c2ccccc2)nc1CCc1noc2cc(OC(C)(C)C(=O)O)ccc12. The summed E-state index contributed by atoms with van der Waals surface area (Å²) in [6, 6.07) is 15.0. The van der Waals surface area contributed by atoms with Gasteiger partial charge in [-0.05, 0) is 57.9 Å². The van der Waals surface area contributed by atoms with Crippen LogP contribution in [-0.4, -0.2) is 26.8 Å². The third kappa shape index (κ3) is 3.91. The molecule has 7 nitrogen and oxygen atoms in total. The minimum atomic E-state index is -1.34. The van der Waals surface area contributed by atoms with Gasteiger partial charge in [-0.2, -0.15) is 0 Å². The van der Waals surface area contributed by atoms with E-state index < -0.39 is 11.6 Å². The summed E-state index contributed by atoms with van der Waals surface area (Å²) >= 11 is 0. The van der Waals surface area contributed by atoms with E-state index in [1.54, 1.807) is 12.1 Å². The summed E-state index contributed by atoms with van der Waals surface area (Å²) in [5.41, 5.74) is 1.84. The van der Waals surface area contributed by atoms with Crippen molar-refractivity contribution in [2.45, 2.75) is 39.2 Å². The zero-order chi connectivity index (χ0) is 21.3. The number of aliphatic carboxylic acids is 1. The summed E-state index contributed by atoms with van der Waals surface area (Å²) in [4.78, 5) is 15.9. The Hall–Kier alpha value is -3.61. The minimum absolute atomic E-state index is 0.414. The summed E-state index contributed by atoms with van der Waals surface area (Å²) in [7, 11) is 0. The van der Waals surface area contributed by atoms with Gasteiger partial charge in [-0.15, -0.1) is 0 Å². The molecule has 154 valence electrons. The number of aromatic nitrogens is 2. The fourth-order valence-electron chi connectivity index (χ4n) is 3.15. The zero-order valence-electron chi connectivity index (χ0n) is 17.0. The fourth-order valence-corrected chi connectivity index (χ4v) is 3.15. The topological polar surface area (TPSA) is 98.6 Å². The maximum atomic E-state index is 11.3. The Balaban J connectivity index is 1.50. The molecule has 4 rings (SSSR count). The van der Waals surface area contributed by atoms with Crippen LogP contribution in [-0.2, 0) is 17.6 Å². The number of ether oxygens (including phenoxy) is 1. The minimum Gasteiger partial charge on any atom is -0.478 e. The van der Waals surface area contributed by atoms with Crippen LogP contribution in [0.15, 0.2) is 57.5 Å². The van der Waals surface area contributed by atoms with E-state index in [0.29, 0.717) is 30.1 Å². The van der Waals surface area contributed by atoms with Crippen molar-refractivity contribution in [2.75, 3.05) is 0 Å². The first kappa shape index (κ1) is 19.7. The lowest BCUT2D eigenvalue weighted by Gasteiger charge is -2.21. The summed E-state index contributed by atoms with van der Waals surface area (Å²) < 4.78 is 16.8. The summed E-state index contributed by atoms with van der Waals surface area (Å²) in [6.07, 6.45) is 1.30. The van der Waals surface area contributed by atoms with Crippen molar-refractivity contribution >= 4 is 16.9 Å². The fraction of sp³-hybridized carbons (Fsp3) is 0.261. The second-order valence-corrected chi connectivity index (χ2v) is 7.59. The summed E-state index contributed by atoms with van der Waals surface area (Å²) in [5, 5.41) is 14.3. The number of carboxylic acid groups (broad SMARTS) is 1. The Morgan fingerprint density at radius 2 is 1.83 bits per heavy atom. The largest absolute Gasteiger partial charge is 0.478 e. The van der Waals surface area contributed by atoms with Crippen molar-refractivity contribution < 1.29 is 23.6 Å². The van der Waals surface area contributed by atoms with Gasteiger partial charge in [-0.1, -0.05) is 23.4 Å². The molecule has 30 heavy (non-hydrogen) atoms. The number of rotatable bonds is 7. The number of hydrogen-bond donors (Lipinski definition) is 1. The number of oxazole rings is 1. The molecule has 0 aliphatic carbocycles. The number of carbonyl (C=O) groups is 1. The third-order valence-corrected chi connectivity index (χ3v) is 4.92. The van der Waals surface area contributed by atoms with Crippen LogP contribution in [0.1, 0.15) is 31.0 Å². The first-order valence-corrected chi connectivity index (χ1v) is 9.66. The zero-order valence-corrected chi connectivity index (χ0v) is 17.0. The highest BCUT2D eigenvalue weighted by Crippen LogP contribution is 2.28. The monoisotopic (exact) mass is 406 g/mol. The molecule has 0 bridgehead atoms. The molecule has 0 atom stereocenters. The lowest BCUT2D eigenvalue weighted by molar-refractivity contribution is -0.152. The molecule has 0 saturated carbocycles. The predicted octanol–water partition coefficient (Wildman–Crippen LogP) is 4.82. The van der Waals surface area contributed by atoms with Crippen LogP contribution < -0.4 is 4.74 Å². The molecule has 4 aromatic rings. The first-order valence-electron chi connectivity index (χ1n) is 9.66. The van der Waals surface area contributed by atoms with E-state index >= 15 is 0 Å². The van der Waals surface area contributed by atoms with Crippen molar-refractivity contribution in [3.63, 3.8) is 0 Å². The predicted molar refractivity (Wildman–Crippen MR) is 110 cm³/mol. The maximum absolute atomic E-state index is 11.3. The Kier molecular flexibility index (Phi) is 5.03. The molecule has 0 aliphatic heterocycles. The first-order chi connectivity index (χ1) is 14.3. The van der Waals surface area contributed by atoms with Gasteiger partial charge >= 0.3 is 5.97 Å². The van der Waals surface area contributed by atoms with E-state index in [9.17, 15) is 9.90 Å². The quantitative estimate of drug-likeness (QED) is 0.470. The van der Waals surface area contributed by atoms with Crippen LogP contribution in [0.2, 0.25) is 0 Å². The molecular formula is C23H22N2O5. The number of hydrogen-bond acceptors (Lipinski definition) is 6. The summed E-state index contributed by atoms with van der Waals surface area (Å²) in [5.74, 6) is 0.764. The van der Waals surface area contributed by atoms with Crippen molar-refractivity contribution in [1.29, 1.82) is 0 Å².